The highest BCUT2D eigenvalue weighted by Gasteiger charge is 2.30. The van der Waals surface area contributed by atoms with Gasteiger partial charge in [0.15, 0.2) is 5.96 Å². The third kappa shape index (κ3) is 6.60. The van der Waals surface area contributed by atoms with Gasteiger partial charge in [0.05, 0.1) is 13.2 Å². The van der Waals surface area contributed by atoms with E-state index < -0.39 is 0 Å². The maximum Gasteiger partial charge on any atom is 0.225 e. The first-order chi connectivity index (χ1) is 14.2. The molecule has 3 rings (SSSR count). The number of carbonyl (C=O) groups excluding carboxylic acids is 1. The van der Waals surface area contributed by atoms with Gasteiger partial charge in [-0.3, -0.25) is 9.79 Å². The first kappa shape index (κ1) is 24.5. The van der Waals surface area contributed by atoms with Crippen LogP contribution in [0.3, 0.4) is 0 Å². The number of morpholine rings is 1. The van der Waals surface area contributed by atoms with Crippen LogP contribution in [0.15, 0.2) is 41.9 Å². The van der Waals surface area contributed by atoms with Crippen LogP contribution in [0.1, 0.15) is 18.4 Å². The summed E-state index contributed by atoms with van der Waals surface area (Å²) in [7, 11) is 1.80. The largest absolute Gasteiger partial charge is 0.489 e. The van der Waals surface area contributed by atoms with Gasteiger partial charge in [0.1, 0.15) is 12.4 Å². The second-order valence-corrected chi connectivity index (χ2v) is 7.31. The average Bonchev–Trinajstić information content (AvgIpc) is 2.79. The lowest BCUT2D eigenvalue weighted by Crippen LogP contribution is -2.49. The molecule has 2 saturated heterocycles. The molecular weight excluding hydrogens is 495 g/mol. The number of piperidine rings is 1. The van der Waals surface area contributed by atoms with Gasteiger partial charge in [-0.25, -0.2) is 0 Å². The Hall–Kier alpha value is -1.81. The van der Waals surface area contributed by atoms with E-state index in [1.165, 1.54) is 0 Å². The predicted octanol–water partition coefficient (Wildman–Crippen LogP) is 2.52. The minimum atomic E-state index is 0. The number of hydrogen-bond donors (Lipinski definition) is 1. The van der Waals surface area contributed by atoms with Crippen LogP contribution in [-0.2, 0) is 16.1 Å². The van der Waals surface area contributed by atoms with E-state index >= 15 is 0 Å². The first-order valence-corrected chi connectivity index (χ1v) is 10.4. The Kier molecular flexibility index (Phi) is 10.4. The normalized spacial score (nSPS) is 17.8. The van der Waals surface area contributed by atoms with Gasteiger partial charge < -0.3 is 24.6 Å². The summed E-state index contributed by atoms with van der Waals surface area (Å²) in [5.74, 6) is 2.10. The van der Waals surface area contributed by atoms with Gasteiger partial charge in [0, 0.05) is 51.3 Å². The van der Waals surface area contributed by atoms with E-state index in [0.29, 0.717) is 26.4 Å². The zero-order valence-corrected chi connectivity index (χ0v) is 20.0. The smallest absolute Gasteiger partial charge is 0.225 e. The number of para-hydroxylation sites is 1. The summed E-state index contributed by atoms with van der Waals surface area (Å²) in [6.45, 7) is 9.21. The molecular formula is C22H33IN4O3. The molecule has 8 heteroatoms. The van der Waals surface area contributed by atoms with Crippen molar-refractivity contribution in [3.8, 4) is 5.75 Å². The van der Waals surface area contributed by atoms with Gasteiger partial charge >= 0.3 is 0 Å². The van der Waals surface area contributed by atoms with Crippen molar-refractivity contribution < 1.29 is 14.3 Å². The minimum Gasteiger partial charge on any atom is -0.489 e. The number of ether oxygens (including phenoxy) is 2. The summed E-state index contributed by atoms with van der Waals surface area (Å²) >= 11 is 0. The molecule has 0 unspecified atom stereocenters. The fourth-order valence-electron chi connectivity index (χ4n) is 3.83. The number of carbonyl (C=O) groups is 1. The fraction of sp³-hybridized carbons (Fsp3) is 0.545. The van der Waals surface area contributed by atoms with E-state index in [1.54, 1.807) is 13.1 Å². The summed E-state index contributed by atoms with van der Waals surface area (Å²) in [6, 6.07) is 7.98. The summed E-state index contributed by atoms with van der Waals surface area (Å²) in [5, 5.41) is 3.44. The molecule has 1 N–H and O–H groups in total. The van der Waals surface area contributed by atoms with Crippen LogP contribution >= 0.6 is 24.0 Å². The Morgan fingerprint density at radius 1 is 1.23 bits per heavy atom. The molecule has 30 heavy (non-hydrogen) atoms. The topological polar surface area (TPSA) is 66.4 Å². The Morgan fingerprint density at radius 3 is 2.60 bits per heavy atom. The molecule has 0 saturated carbocycles. The van der Waals surface area contributed by atoms with Crippen molar-refractivity contribution in [2.45, 2.75) is 19.4 Å². The fourth-order valence-corrected chi connectivity index (χ4v) is 3.83. The molecule has 2 aliphatic rings. The van der Waals surface area contributed by atoms with E-state index in [4.69, 9.17) is 9.47 Å². The van der Waals surface area contributed by atoms with Gasteiger partial charge in [0.25, 0.3) is 0 Å². The molecule has 1 aromatic rings. The van der Waals surface area contributed by atoms with Crippen LogP contribution in [0, 0.1) is 5.92 Å². The lowest BCUT2D eigenvalue weighted by atomic mass is 9.95. The molecule has 0 atom stereocenters. The zero-order chi connectivity index (χ0) is 20.5. The van der Waals surface area contributed by atoms with Crippen LogP contribution in [-0.4, -0.2) is 74.7 Å². The molecule has 1 aromatic carbocycles. The lowest BCUT2D eigenvalue weighted by molar-refractivity contribution is -0.140. The van der Waals surface area contributed by atoms with Crippen molar-refractivity contribution >= 4 is 35.8 Å². The van der Waals surface area contributed by atoms with E-state index in [9.17, 15) is 4.79 Å². The summed E-state index contributed by atoms with van der Waals surface area (Å²) in [5.41, 5.74) is 1.08. The number of rotatable bonds is 6. The number of benzene rings is 1. The Balaban J connectivity index is 0.00000320. The average molecular weight is 528 g/mol. The second-order valence-electron chi connectivity index (χ2n) is 7.31. The number of guanidine groups is 1. The first-order valence-electron chi connectivity index (χ1n) is 10.4. The van der Waals surface area contributed by atoms with Crippen LogP contribution in [0.4, 0.5) is 0 Å². The number of likely N-dealkylation sites (tertiary alicyclic amines) is 1. The van der Waals surface area contributed by atoms with Crippen LogP contribution in [0.2, 0.25) is 0 Å². The number of amides is 1. The molecule has 0 aromatic heterocycles. The lowest BCUT2D eigenvalue weighted by Gasteiger charge is -2.36. The highest BCUT2D eigenvalue weighted by atomic mass is 127. The summed E-state index contributed by atoms with van der Waals surface area (Å²) in [6.07, 6.45) is 3.46. The SMILES string of the molecule is C=CCOc1ccccc1CNC(=NC)N1CCC(C(=O)N2CCOCC2)CC1.I. The predicted molar refractivity (Wildman–Crippen MR) is 129 cm³/mol. The van der Waals surface area contributed by atoms with Gasteiger partial charge in [-0.2, -0.15) is 0 Å². The Labute approximate surface area is 196 Å². The number of halogens is 1. The van der Waals surface area contributed by atoms with Crippen LogP contribution < -0.4 is 10.1 Å². The van der Waals surface area contributed by atoms with Crippen molar-refractivity contribution in [2.24, 2.45) is 10.9 Å². The van der Waals surface area contributed by atoms with Crippen molar-refractivity contribution in [1.29, 1.82) is 0 Å². The summed E-state index contributed by atoms with van der Waals surface area (Å²) in [4.78, 5) is 21.3. The maximum absolute atomic E-state index is 12.7. The molecule has 2 heterocycles. The molecule has 0 aliphatic carbocycles. The maximum atomic E-state index is 12.7. The van der Waals surface area contributed by atoms with E-state index in [-0.39, 0.29) is 35.8 Å². The molecule has 1 amide bonds. The van der Waals surface area contributed by atoms with Gasteiger partial charge in [-0.1, -0.05) is 30.9 Å². The third-order valence-electron chi connectivity index (χ3n) is 5.44. The zero-order valence-electron chi connectivity index (χ0n) is 17.7. The molecule has 2 aliphatic heterocycles. The Morgan fingerprint density at radius 2 is 1.93 bits per heavy atom. The monoisotopic (exact) mass is 528 g/mol. The van der Waals surface area contributed by atoms with Gasteiger partial charge in [-0.15, -0.1) is 24.0 Å². The highest BCUT2D eigenvalue weighted by Crippen LogP contribution is 2.21. The molecule has 166 valence electrons. The highest BCUT2D eigenvalue weighted by molar-refractivity contribution is 14.0. The number of hydrogen-bond acceptors (Lipinski definition) is 4. The van der Waals surface area contributed by atoms with Gasteiger partial charge in [0.2, 0.25) is 5.91 Å². The van der Waals surface area contributed by atoms with Crippen molar-refractivity contribution in [1.82, 2.24) is 15.1 Å². The van der Waals surface area contributed by atoms with E-state index in [2.05, 4.69) is 21.8 Å². The van der Waals surface area contributed by atoms with E-state index in [1.807, 2.05) is 29.2 Å². The quantitative estimate of drug-likeness (QED) is 0.266. The van der Waals surface area contributed by atoms with Crippen molar-refractivity contribution in [3.63, 3.8) is 0 Å². The number of aliphatic imine (C=N–C) groups is 1. The molecule has 0 spiro atoms. The second kappa shape index (κ2) is 12.8. The van der Waals surface area contributed by atoms with Crippen LogP contribution in [0.5, 0.6) is 5.75 Å². The van der Waals surface area contributed by atoms with E-state index in [0.717, 1.165) is 56.3 Å². The molecule has 0 radical (unpaired) electrons. The number of nitrogens with zero attached hydrogens (tertiary/aromatic N) is 3. The molecule has 0 bridgehead atoms. The van der Waals surface area contributed by atoms with Crippen LogP contribution in [0.25, 0.3) is 0 Å². The molecule has 2 fully saturated rings. The third-order valence-corrected chi connectivity index (χ3v) is 5.44. The minimum absolute atomic E-state index is 0. The van der Waals surface area contributed by atoms with Gasteiger partial charge in [-0.05, 0) is 18.9 Å². The Bertz CT molecular complexity index is 714. The van der Waals surface area contributed by atoms with Crippen molar-refractivity contribution in [3.05, 3.63) is 42.5 Å². The number of nitrogens with one attached hydrogen (secondary N) is 1. The standard InChI is InChI=1S/C22H32N4O3.HI/c1-3-14-29-20-7-5-4-6-19(20)17-24-22(23-2)26-10-8-18(9-11-26)21(27)25-12-15-28-16-13-25;/h3-7,18H,1,8-17H2,2H3,(H,23,24);1H. The van der Waals surface area contributed by atoms with Crippen molar-refractivity contribution in [2.75, 3.05) is 53.0 Å². The molecule has 7 nitrogen and oxygen atoms in total. The summed E-state index contributed by atoms with van der Waals surface area (Å²) < 4.78 is 11.1.